The summed E-state index contributed by atoms with van der Waals surface area (Å²) in [7, 11) is 3.91. The average molecular weight is 461 g/mol. The van der Waals surface area contributed by atoms with Gasteiger partial charge in [-0.05, 0) is 46.1 Å². The molecule has 0 radical (unpaired) electrons. The number of halogens is 1. The third-order valence-corrected chi connectivity index (χ3v) is 4.64. The second-order valence-electron chi connectivity index (χ2n) is 6.45. The van der Waals surface area contributed by atoms with Gasteiger partial charge in [0.05, 0.1) is 18.5 Å². The molecule has 0 aliphatic carbocycles. The van der Waals surface area contributed by atoms with Gasteiger partial charge in [0, 0.05) is 25.0 Å². The van der Waals surface area contributed by atoms with E-state index in [1.807, 2.05) is 67.5 Å². The number of benzene rings is 2. The summed E-state index contributed by atoms with van der Waals surface area (Å²) < 4.78 is 5.82. The molecule has 0 unspecified atom stereocenters. The lowest BCUT2D eigenvalue weighted by Gasteiger charge is -2.17. The first-order chi connectivity index (χ1) is 13.9. The van der Waals surface area contributed by atoms with Crippen LogP contribution in [0.15, 0.2) is 58.1 Å². The van der Waals surface area contributed by atoms with Crippen LogP contribution in [-0.4, -0.2) is 45.0 Å². The van der Waals surface area contributed by atoms with Crippen molar-refractivity contribution in [3.05, 3.63) is 64.1 Å². The first-order valence-electron chi connectivity index (χ1n) is 9.17. The number of hydrogen-bond donors (Lipinski definition) is 2. The van der Waals surface area contributed by atoms with Crippen LogP contribution in [0.3, 0.4) is 0 Å². The predicted octanol–water partition coefficient (Wildman–Crippen LogP) is 3.32. The molecule has 2 rings (SSSR count). The van der Waals surface area contributed by atoms with Crippen LogP contribution >= 0.6 is 15.9 Å². The van der Waals surface area contributed by atoms with E-state index in [1.165, 1.54) is 0 Å². The highest BCUT2D eigenvalue weighted by Gasteiger charge is 2.21. The van der Waals surface area contributed by atoms with Gasteiger partial charge in [-0.3, -0.25) is 4.79 Å². The molecule has 2 amide bonds. The average Bonchev–Trinajstić information content (AvgIpc) is 2.68. The highest BCUT2D eigenvalue weighted by atomic mass is 79.9. The molecule has 2 aromatic rings. The molecule has 0 spiro atoms. The van der Waals surface area contributed by atoms with Gasteiger partial charge in [-0.25, -0.2) is 10.2 Å². The molecule has 1 atom stereocenters. The number of rotatable bonds is 8. The fourth-order valence-corrected chi connectivity index (χ4v) is 3.34. The van der Waals surface area contributed by atoms with Gasteiger partial charge in [0.1, 0.15) is 6.04 Å². The molecule has 0 saturated heterocycles. The lowest BCUT2D eigenvalue weighted by atomic mass is 10.1. The number of alkyl carbamates (subject to hydrolysis) is 1. The van der Waals surface area contributed by atoms with Crippen LogP contribution < -0.4 is 15.6 Å². The van der Waals surface area contributed by atoms with E-state index in [-0.39, 0.29) is 6.61 Å². The van der Waals surface area contributed by atoms with Crippen molar-refractivity contribution in [2.45, 2.75) is 19.4 Å². The number of amides is 2. The van der Waals surface area contributed by atoms with Gasteiger partial charge < -0.3 is 15.0 Å². The Morgan fingerprint density at radius 1 is 1.21 bits per heavy atom. The summed E-state index contributed by atoms with van der Waals surface area (Å²) in [4.78, 5) is 26.4. The van der Waals surface area contributed by atoms with E-state index >= 15 is 0 Å². The smallest absolute Gasteiger partial charge is 0.407 e. The van der Waals surface area contributed by atoms with E-state index in [0.29, 0.717) is 6.42 Å². The van der Waals surface area contributed by atoms with E-state index in [2.05, 4.69) is 31.8 Å². The summed E-state index contributed by atoms with van der Waals surface area (Å²) in [5.41, 5.74) is 5.26. The minimum Gasteiger partial charge on any atom is -0.450 e. The number of nitrogens with zero attached hydrogens (tertiary/aromatic N) is 2. The van der Waals surface area contributed by atoms with Gasteiger partial charge in [-0.15, -0.1) is 0 Å². The highest BCUT2D eigenvalue weighted by Crippen LogP contribution is 2.25. The summed E-state index contributed by atoms with van der Waals surface area (Å²) in [5.74, 6) is -0.429. The first-order valence-corrected chi connectivity index (χ1v) is 9.97. The molecule has 7 nitrogen and oxygen atoms in total. The summed E-state index contributed by atoms with van der Waals surface area (Å²) in [6.45, 7) is 1.93. The molecule has 0 aliphatic heterocycles. The van der Waals surface area contributed by atoms with Crippen molar-refractivity contribution in [1.29, 1.82) is 0 Å². The van der Waals surface area contributed by atoms with Crippen molar-refractivity contribution >= 4 is 39.8 Å². The Morgan fingerprint density at radius 3 is 2.55 bits per heavy atom. The van der Waals surface area contributed by atoms with Crippen LogP contribution in [0.4, 0.5) is 10.5 Å². The second kappa shape index (κ2) is 11.2. The fraction of sp³-hybridized carbons (Fsp3) is 0.286. The monoisotopic (exact) mass is 460 g/mol. The topological polar surface area (TPSA) is 83.0 Å². The lowest BCUT2D eigenvalue weighted by molar-refractivity contribution is -0.123. The summed E-state index contributed by atoms with van der Waals surface area (Å²) in [6.07, 6.45) is 1.23. The molecule has 29 heavy (non-hydrogen) atoms. The molecule has 8 heteroatoms. The van der Waals surface area contributed by atoms with Gasteiger partial charge in [-0.1, -0.05) is 36.4 Å². The van der Waals surface area contributed by atoms with Crippen molar-refractivity contribution in [3.8, 4) is 0 Å². The van der Waals surface area contributed by atoms with E-state index in [1.54, 1.807) is 13.1 Å². The van der Waals surface area contributed by atoms with Gasteiger partial charge in [0.25, 0.3) is 5.91 Å². The van der Waals surface area contributed by atoms with Gasteiger partial charge in [0.15, 0.2) is 0 Å². The first kappa shape index (κ1) is 22.4. The van der Waals surface area contributed by atoms with Crippen LogP contribution in [0.1, 0.15) is 18.1 Å². The number of carbonyl (C=O) groups is 2. The quantitative estimate of drug-likeness (QED) is 0.467. The fourth-order valence-electron chi connectivity index (χ4n) is 2.59. The largest absolute Gasteiger partial charge is 0.450 e. The molecule has 2 aromatic carbocycles. The van der Waals surface area contributed by atoms with E-state index < -0.39 is 18.0 Å². The molecule has 0 heterocycles. The van der Waals surface area contributed by atoms with Crippen LogP contribution in [0.5, 0.6) is 0 Å². The molecule has 0 bridgehead atoms. The Kier molecular flexibility index (Phi) is 8.67. The highest BCUT2D eigenvalue weighted by molar-refractivity contribution is 9.10. The number of ether oxygens (including phenoxy) is 1. The molecule has 0 aliphatic rings. The van der Waals surface area contributed by atoms with E-state index in [0.717, 1.165) is 21.3 Å². The van der Waals surface area contributed by atoms with Crippen molar-refractivity contribution < 1.29 is 14.3 Å². The number of carbonyl (C=O) groups excluding carboxylic acids is 2. The SMILES string of the molecule is CCOC(=O)N[C@@H](Cc1ccccc1)C(=O)N/N=C\c1ccc(N(C)C)c(Br)c1. The minimum atomic E-state index is -0.809. The zero-order valence-electron chi connectivity index (χ0n) is 16.7. The second-order valence-corrected chi connectivity index (χ2v) is 7.30. The summed E-state index contributed by atoms with van der Waals surface area (Å²) in [5, 5.41) is 6.61. The van der Waals surface area contributed by atoms with Crippen LogP contribution in [0.25, 0.3) is 0 Å². The maximum absolute atomic E-state index is 12.6. The normalized spacial score (nSPS) is 11.7. The number of hydrazone groups is 1. The van der Waals surface area contributed by atoms with Gasteiger partial charge >= 0.3 is 6.09 Å². The predicted molar refractivity (Wildman–Crippen MR) is 118 cm³/mol. The Labute approximate surface area is 179 Å². The zero-order chi connectivity index (χ0) is 21.2. The third-order valence-electron chi connectivity index (χ3n) is 4.01. The Balaban J connectivity index is 2.05. The Bertz CT molecular complexity index is 856. The van der Waals surface area contributed by atoms with Crippen LogP contribution in [0.2, 0.25) is 0 Å². The van der Waals surface area contributed by atoms with Gasteiger partial charge in [0.2, 0.25) is 0 Å². The molecular formula is C21H25BrN4O3. The maximum atomic E-state index is 12.6. The summed E-state index contributed by atoms with van der Waals surface area (Å²) in [6, 6.07) is 14.4. The number of nitrogens with one attached hydrogen (secondary N) is 2. The molecule has 2 N–H and O–H groups in total. The van der Waals surface area contributed by atoms with Crippen LogP contribution in [0, 0.1) is 0 Å². The Hall–Kier alpha value is -2.87. The molecule has 0 saturated carbocycles. The third kappa shape index (κ3) is 7.23. The summed E-state index contributed by atoms with van der Waals surface area (Å²) >= 11 is 3.52. The Morgan fingerprint density at radius 2 is 1.93 bits per heavy atom. The molecule has 0 fully saturated rings. The van der Waals surface area contributed by atoms with E-state index in [9.17, 15) is 9.59 Å². The van der Waals surface area contributed by atoms with Crippen molar-refractivity contribution in [2.24, 2.45) is 5.10 Å². The van der Waals surface area contributed by atoms with E-state index in [4.69, 9.17) is 4.74 Å². The van der Waals surface area contributed by atoms with Gasteiger partial charge in [-0.2, -0.15) is 5.10 Å². The molecule has 154 valence electrons. The zero-order valence-corrected chi connectivity index (χ0v) is 18.3. The van der Waals surface area contributed by atoms with Crippen molar-refractivity contribution in [1.82, 2.24) is 10.7 Å². The van der Waals surface area contributed by atoms with Crippen molar-refractivity contribution in [3.63, 3.8) is 0 Å². The standard InChI is InChI=1S/C21H25BrN4O3/c1-4-29-21(28)24-18(13-15-8-6-5-7-9-15)20(27)25-23-14-16-10-11-19(26(2)3)17(22)12-16/h5-12,14,18H,4,13H2,1-3H3,(H,24,28)(H,25,27)/b23-14-/t18-/m0/s1. The lowest BCUT2D eigenvalue weighted by Crippen LogP contribution is -2.47. The van der Waals surface area contributed by atoms with Crippen molar-refractivity contribution in [2.75, 3.05) is 25.6 Å². The maximum Gasteiger partial charge on any atom is 0.407 e. The minimum absolute atomic E-state index is 0.224. The molecule has 0 aromatic heterocycles. The molecular weight excluding hydrogens is 436 g/mol. The number of anilines is 1. The number of hydrogen-bond acceptors (Lipinski definition) is 5. The van der Waals surface area contributed by atoms with Crippen LogP contribution in [-0.2, 0) is 16.0 Å².